The van der Waals surface area contributed by atoms with Crippen molar-refractivity contribution in [3.8, 4) is 34.3 Å². The number of hydrogen-bond acceptors (Lipinski definition) is 4. The van der Waals surface area contributed by atoms with Crippen LogP contribution in [0.15, 0.2) is 114 Å². The number of hydrogen-bond donors (Lipinski definition) is 0. The molecular weight excluding hydrogens is 1040 g/mol. The Hall–Kier alpha value is -5.86. The summed E-state index contributed by atoms with van der Waals surface area (Å²) in [6.45, 7) is 40.1. The predicted molar refractivity (Wildman–Crippen MR) is 296 cm³/mol. The average Bonchev–Trinajstić information content (AvgIpc) is 3.82. The van der Waals surface area contributed by atoms with Crippen LogP contribution in [0.5, 0.6) is 0 Å². The van der Waals surface area contributed by atoms with Crippen molar-refractivity contribution in [3.05, 3.63) is 161 Å². The van der Waals surface area contributed by atoms with Crippen LogP contribution in [0, 0.1) is 23.5 Å². The molecule has 0 aliphatic carbocycles. The molecule has 0 saturated carbocycles. The molecule has 0 N–H and O–H groups in total. The van der Waals surface area contributed by atoms with E-state index in [1.165, 1.54) is 38.6 Å². The number of benzene rings is 5. The third-order valence-corrected chi connectivity index (χ3v) is 13.8. The summed E-state index contributed by atoms with van der Waals surface area (Å²) in [6.07, 6.45) is 3.94. The molecule has 0 saturated heterocycles. The van der Waals surface area contributed by atoms with Crippen LogP contribution in [-0.4, -0.2) is 14.5 Å². The second-order valence-electron chi connectivity index (χ2n) is 25.5. The van der Waals surface area contributed by atoms with Crippen LogP contribution in [0.1, 0.15) is 164 Å². The van der Waals surface area contributed by atoms with Gasteiger partial charge in [0.2, 0.25) is 0 Å². The fourth-order valence-corrected chi connectivity index (χ4v) is 9.23. The van der Waals surface area contributed by atoms with Gasteiger partial charge in [0.05, 0.1) is 22.2 Å². The van der Waals surface area contributed by atoms with Gasteiger partial charge in [-0.15, -0.1) is 53.1 Å². The maximum absolute atomic E-state index is 10.7. The molecule has 0 unspecified atom stereocenters. The summed E-state index contributed by atoms with van der Waals surface area (Å²) < 4.78 is 9.33. The molecule has 4 heterocycles. The molecule has 0 fully saturated rings. The van der Waals surface area contributed by atoms with Gasteiger partial charge in [0.1, 0.15) is 17.3 Å². The van der Waals surface area contributed by atoms with E-state index in [-0.39, 0.29) is 52.6 Å². The molecule has 9 aromatic rings. The minimum Gasteiger partial charge on any atom is -0.498 e. The summed E-state index contributed by atoms with van der Waals surface area (Å²) in [5.74, 6) is 0. The number of nitriles is 1. The summed E-state index contributed by atoms with van der Waals surface area (Å²) in [6, 6.07) is 43.9. The van der Waals surface area contributed by atoms with E-state index in [4.69, 9.17) is 9.40 Å². The van der Waals surface area contributed by atoms with Crippen molar-refractivity contribution in [1.82, 2.24) is 14.5 Å². The van der Waals surface area contributed by atoms with E-state index in [0.29, 0.717) is 11.1 Å². The van der Waals surface area contributed by atoms with Crippen molar-refractivity contribution < 1.29 is 24.5 Å². The third kappa shape index (κ3) is 10.4. The third-order valence-electron chi connectivity index (χ3n) is 13.8. The van der Waals surface area contributed by atoms with Gasteiger partial charge in [0, 0.05) is 48.7 Å². The van der Waals surface area contributed by atoms with E-state index >= 15 is 0 Å². The van der Waals surface area contributed by atoms with Crippen molar-refractivity contribution >= 4 is 43.7 Å². The standard InChI is InChI=1S/C46H48N3O.C19H24N.Ir/c1-43(2,3)28-15-21-37-33(23-28)34-24-29(44(4,5)6)16-22-38(34)49(37)40-27(25-47)13-17-32-39-35(46(10,11)12)19-18-31(41(39)50-42(32)40)36-20-14-30(26-48-36)45(7,8)9;1-18(2,3)15-9-7-8-14(12-15)17-11-10-16(13-20-17)19(4,5)6;/h13-17,19-24,26H,1-12H3;7,9-13H,1-6H3;/q2*-1;. The van der Waals surface area contributed by atoms with Crippen LogP contribution in [0.25, 0.3) is 71.9 Å². The molecular formula is C65H72IrN4O-2. The first-order valence-corrected chi connectivity index (χ1v) is 24.9. The topological polar surface area (TPSA) is 67.6 Å². The van der Waals surface area contributed by atoms with Gasteiger partial charge in [-0.1, -0.05) is 178 Å². The maximum Gasteiger partial charge on any atom is 0.146 e. The molecule has 71 heavy (non-hydrogen) atoms. The van der Waals surface area contributed by atoms with Crippen LogP contribution in [0.3, 0.4) is 0 Å². The second kappa shape index (κ2) is 18.6. The Morgan fingerprint density at radius 2 is 0.972 bits per heavy atom. The molecule has 369 valence electrons. The van der Waals surface area contributed by atoms with Gasteiger partial charge in [-0.05, 0) is 96.5 Å². The molecule has 9 rings (SSSR count). The van der Waals surface area contributed by atoms with E-state index < -0.39 is 0 Å². The Kier molecular flexibility index (Phi) is 13.9. The smallest absolute Gasteiger partial charge is 0.146 e. The van der Waals surface area contributed by atoms with Gasteiger partial charge in [0.15, 0.2) is 0 Å². The minimum atomic E-state index is -0.179. The fraction of sp³-hybridized carbons (Fsp3) is 0.369. The Morgan fingerprint density at radius 1 is 0.493 bits per heavy atom. The summed E-state index contributed by atoms with van der Waals surface area (Å²) in [5.41, 5.74) is 16.0. The predicted octanol–water partition coefficient (Wildman–Crippen LogP) is 17.7. The van der Waals surface area contributed by atoms with Gasteiger partial charge >= 0.3 is 0 Å². The van der Waals surface area contributed by atoms with E-state index in [1.54, 1.807) is 0 Å². The number of rotatable bonds is 3. The van der Waals surface area contributed by atoms with Gasteiger partial charge in [-0.2, -0.15) is 5.26 Å². The first-order chi connectivity index (χ1) is 32.5. The monoisotopic (exact) mass is 1120 g/mol. The van der Waals surface area contributed by atoms with Crippen molar-refractivity contribution in [2.45, 2.75) is 157 Å². The fourth-order valence-electron chi connectivity index (χ4n) is 9.23. The summed E-state index contributed by atoms with van der Waals surface area (Å²) in [7, 11) is 0. The van der Waals surface area contributed by atoms with Crippen LogP contribution in [-0.2, 0) is 52.6 Å². The van der Waals surface area contributed by atoms with Crippen molar-refractivity contribution in [1.29, 1.82) is 5.26 Å². The SMILES string of the molecule is CC(C)(C)c1ccc(-c2[c-]cc(C(C)(C)C)c3c2oc2c(-n4c5ccc(C(C)(C)C)cc5c5cc(C(C)(C)C)ccc54)c(C#N)ccc23)nc1.CC(C)(C)c1ccc(-c2[c-]ccc(C(C)(C)C)c2)nc1.[Ir]. The first kappa shape index (κ1) is 53.0. The number of aromatic nitrogens is 3. The normalized spacial score (nSPS) is 12.8. The molecule has 5 nitrogen and oxygen atoms in total. The minimum absolute atomic E-state index is 0. The number of nitrogens with zero attached hydrogens (tertiary/aromatic N) is 4. The largest absolute Gasteiger partial charge is 0.498 e. The van der Waals surface area contributed by atoms with Gasteiger partial charge in [0.25, 0.3) is 0 Å². The maximum atomic E-state index is 10.7. The van der Waals surface area contributed by atoms with Crippen molar-refractivity contribution in [3.63, 3.8) is 0 Å². The van der Waals surface area contributed by atoms with Gasteiger partial charge < -0.3 is 19.0 Å². The van der Waals surface area contributed by atoms with Gasteiger partial charge in [-0.3, -0.25) is 0 Å². The van der Waals surface area contributed by atoms with Gasteiger partial charge in [-0.25, -0.2) is 0 Å². The number of pyridine rings is 2. The Balaban J connectivity index is 0.000000296. The second-order valence-corrected chi connectivity index (χ2v) is 25.5. The Bertz CT molecular complexity index is 3390. The zero-order chi connectivity index (χ0) is 51.1. The molecule has 0 spiro atoms. The number of furan rings is 1. The molecule has 0 amide bonds. The first-order valence-electron chi connectivity index (χ1n) is 24.9. The average molecular weight is 1120 g/mol. The summed E-state index contributed by atoms with van der Waals surface area (Å²) in [5, 5.41) is 15.0. The summed E-state index contributed by atoms with van der Waals surface area (Å²) in [4.78, 5) is 9.53. The van der Waals surface area contributed by atoms with E-state index in [2.05, 4.69) is 237 Å². The molecule has 4 aromatic heterocycles. The van der Waals surface area contributed by atoms with Crippen molar-refractivity contribution in [2.24, 2.45) is 0 Å². The van der Waals surface area contributed by atoms with Crippen LogP contribution in [0.2, 0.25) is 0 Å². The molecule has 0 bridgehead atoms. The molecule has 6 heteroatoms. The Labute approximate surface area is 437 Å². The molecule has 0 aliphatic rings. The summed E-state index contributed by atoms with van der Waals surface area (Å²) >= 11 is 0. The molecule has 0 aliphatic heterocycles. The zero-order valence-electron chi connectivity index (χ0n) is 45.4. The molecule has 1 radical (unpaired) electrons. The van der Waals surface area contributed by atoms with Crippen molar-refractivity contribution in [2.75, 3.05) is 0 Å². The molecule has 5 aromatic carbocycles. The zero-order valence-corrected chi connectivity index (χ0v) is 47.8. The van der Waals surface area contributed by atoms with Crippen LogP contribution in [0.4, 0.5) is 0 Å². The van der Waals surface area contributed by atoms with Crippen LogP contribution >= 0.6 is 0 Å². The quantitative estimate of drug-likeness (QED) is 0.165. The molecule has 0 atom stereocenters. The van der Waals surface area contributed by atoms with Crippen LogP contribution < -0.4 is 0 Å². The van der Waals surface area contributed by atoms with E-state index in [9.17, 15) is 5.26 Å². The number of fused-ring (bicyclic) bond motifs is 6. The Morgan fingerprint density at radius 3 is 1.42 bits per heavy atom. The van der Waals surface area contributed by atoms with E-state index in [0.717, 1.165) is 61.2 Å². The van der Waals surface area contributed by atoms with E-state index in [1.807, 2.05) is 24.5 Å².